The van der Waals surface area contributed by atoms with Gasteiger partial charge in [0.25, 0.3) is 0 Å². The molecule has 0 aliphatic rings. The Hall–Kier alpha value is -2.19. The lowest BCUT2D eigenvalue weighted by Gasteiger charge is -2.26. The lowest BCUT2D eigenvalue weighted by Crippen LogP contribution is -2.45. The summed E-state index contributed by atoms with van der Waals surface area (Å²) in [6, 6.07) is 5.14. The average molecular weight is 328 g/mol. The highest BCUT2D eigenvalue weighted by Gasteiger charge is 2.32. The van der Waals surface area contributed by atoms with Gasteiger partial charge in [-0.1, -0.05) is 19.9 Å². The van der Waals surface area contributed by atoms with Gasteiger partial charge in [0.15, 0.2) is 0 Å². The van der Waals surface area contributed by atoms with Crippen molar-refractivity contribution in [3.8, 4) is 5.88 Å². The Kier molecular flexibility index (Phi) is 8.82. The van der Waals surface area contributed by atoms with Crippen LogP contribution >= 0.6 is 0 Å². The first kappa shape index (κ1) is 20.8. The zero-order valence-electron chi connectivity index (χ0n) is 13.5. The van der Waals surface area contributed by atoms with Gasteiger partial charge < -0.3 is 25.7 Å². The normalized spacial score (nSPS) is 11.9. The van der Waals surface area contributed by atoms with Crippen molar-refractivity contribution in [3.63, 3.8) is 0 Å². The summed E-state index contributed by atoms with van der Waals surface area (Å²) in [6.45, 7) is 4.54. The number of amides is 1. The van der Waals surface area contributed by atoms with Crippen LogP contribution in [-0.4, -0.2) is 56.5 Å². The van der Waals surface area contributed by atoms with Gasteiger partial charge in [-0.25, -0.2) is 4.98 Å². The van der Waals surface area contributed by atoms with Crippen LogP contribution in [-0.2, 0) is 9.59 Å². The highest BCUT2D eigenvalue weighted by molar-refractivity contribution is 5.81. The number of hydrogen-bond acceptors (Lipinski definition) is 6. The summed E-state index contributed by atoms with van der Waals surface area (Å²) >= 11 is 0. The van der Waals surface area contributed by atoms with Crippen LogP contribution in [0.25, 0.3) is 0 Å². The molecule has 0 aliphatic heterocycles. The van der Waals surface area contributed by atoms with E-state index in [1.165, 1.54) is 13.8 Å². The molecule has 1 heterocycles. The number of nitrogens with zero attached hydrogens (tertiary/aromatic N) is 1. The molecule has 1 rings (SSSR count). The fourth-order valence-electron chi connectivity index (χ4n) is 1.36. The summed E-state index contributed by atoms with van der Waals surface area (Å²) in [6.07, 6.45) is -1.55. The van der Waals surface area contributed by atoms with Gasteiger partial charge in [-0.05, 0) is 13.0 Å². The Balaban J connectivity index is 0.000000502. The van der Waals surface area contributed by atoms with Crippen LogP contribution in [0.1, 0.15) is 26.0 Å². The molecule has 0 aromatic carbocycles. The summed E-state index contributed by atoms with van der Waals surface area (Å²) in [4.78, 5) is 25.1. The van der Waals surface area contributed by atoms with E-state index in [1.807, 2.05) is 13.0 Å². The van der Waals surface area contributed by atoms with E-state index in [0.717, 1.165) is 5.69 Å². The first-order valence-electron chi connectivity index (χ1n) is 7.01. The third-order valence-corrected chi connectivity index (χ3v) is 2.91. The molecule has 0 radical (unpaired) electrons. The maximum absolute atomic E-state index is 11.3. The number of carbonyl (C=O) groups excluding carboxylic acids is 1. The monoisotopic (exact) mass is 328 g/mol. The number of aryl methyl sites for hydroxylation is 1. The number of aromatic nitrogens is 1. The molecular weight excluding hydrogens is 304 g/mol. The van der Waals surface area contributed by atoms with E-state index >= 15 is 0 Å². The minimum Gasteiger partial charge on any atom is -0.493 e. The zero-order chi connectivity index (χ0) is 18.0. The molecule has 0 saturated heterocycles. The molecule has 5 N–H and O–H groups in total. The Labute approximate surface area is 134 Å². The van der Waals surface area contributed by atoms with E-state index in [1.54, 1.807) is 12.1 Å². The molecule has 0 aliphatic carbocycles. The second-order valence-corrected chi connectivity index (χ2v) is 5.62. The predicted molar refractivity (Wildman–Crippen MR) is 82.8 cm³/mol. The molecule has 1 unspecified atom stereocenters. The van der Waals surface area contributed by atoms with Crippen LogP contribution < -0.4 is 5.32 Å². The van der Waals surface area contributed by atoms with Gasteiger partial charge in [0.1, 0.15) is 6.10 Å². The SMILES string of the molecule is CC(C)(CO)C(O)C(=O)NCCC(=O)O.Cc1cccc(O)n1. The molecule has 1 amide bonds. The van der Waals surface area contributed by atoms with E-state index in [2.05, 4.69) is 10.3 Å². The van der Waals surface area contributed by atoms with Gasteiger partial charge in [0.2, 0.25) is 11.8 Å². The van der Waals surface area contributed by atoms with Crippen LogP contribution in [0.3, 0.4) is 0 Å². The number of aliphatic hydroxyl groups is 2. The van der Waals surface area contributed by atoms with Gasteiger partial charge >= 0.3 is 5.97 Å². The van der Waals surface area contributed by atoms with Crippen LogP contribution in [0, 0.1) is 12.3 Å². The number of carboxylic acid groups (broad SMARTS) is 1. The quantitative estimate of drug-likeness (QED) is 0.497. The van der Waals surface area contributed by atoms with E-state index in [4.69, 9.17) is 15.3 Å². The highest BCUT2D eigenvalue weighted by atomic mass is 16.4. The van der Waals surface area contributed by atoms with Gasteiger partial charge in [0, 0.05) is 23.7 Å². The van der Waals surface area contributed by atoms with Crippen molar-refractivity contribution in [2.24, 2.45) is 5.41 Å². The molecule has 1 atom stereocenters. The average Bonchev–Trinajstić information content (AvgIpc) is 2.46. The summed E-state index contributed by atoms with van der Waals surface area (Å²) in [7, 11) is 0. The number of carboxylic acids is 1. The minimum absolute atomic E-state index is 0.0350. The number of hydrogen-bond donors (Lipinski definition) is 5. The predicted octanol–water partition coefficient (Wildman–Crippen LogP) is 0.0523. The highest BCUT2D eigenvalue weighted by Crippen LogP contribution is 2.19. The molecule has 0 spiro atoms. The number of carbonyl (C=O) groups is 2. The molecule has 0 fully saturated rings. The van der Waals surface area contributed by atoms with Crippen molar-refractivity contribution in [2.45, 2.75) is 33.3 Å². The Morgan fingerprint density at radius 2 is 1.96 bits per heavy atom. The zero-order valence-corrected chi connectivity index (χ0v) is 13.5. The lowest BCUT2D eigenvalue weighted by atomic mass is 9.87. The maximum Gasteiger partial charge on any atom is 0.305 e. The molecule has 8 heteroatoms. The minimum atomic E-state index is -1.35. The molecule has 0 saturated carbocycles. The van der Waals surface area contributed by atoms with E-state index < -0.39 is 23.4 Å². The third kappa shape index (κ3) is 8.74. The molecule has 1 aromatic heterocycles. The molecule has 1 aromatic rings. The fourth-order valence-corrected chi connectivity index (χ4v) is 1.36. The topological polar surface area (TPSA) is 140 Å². The number of aromatic hydroxyl groups is 1. The summed E-state index contributed by atoms with van der Waals surface area (Å²) in [5, 5.41) is 37.7. The van der Waals surface area contributed by atoms with Crippen molar-refractivity contribution < 1.29 is 30.0 Å². The summed E-state index contributed by atoms with van der Waals surface area (Å²) in [5.41, 5.74) is -0.0992. The third-order valence-electron chi connectivity index (χ3n) is 2.91. The Bertz CT molecular complexity index is 501. The van der Waals surface area contributed by atoms with Gasteiger partial charge in [0.05, 0.1) is 13.0 Å². The Morgan fingerprint density at radius 3 is 2.35 bits per heavy atom. The van der Waals surface area contributed by atoms with Crippen molar-refractivity contribution >= 4 is 11.9 Å². The number of pyridine rings is 1. The largest absolute Gasteiger partial charge is 0.493 e. The van der Waals surface area contributed by atoms with Crippen molar-refractivity contribution in [2.75, 3.05) is 13.2 Å². The van der Waals surface area contributed by atoms with Crippen LogP contribution in [0.5, 0.6) is 5.88 Å². The molecular formula is C15H24N2O6. The summed E-state index contributed by atoms with van der Waals surface area (Å²) < 4.78 is 0. The smallest absolute Gasteiger partial charge is 0.305 e. The fraction of sp³-hybridized carbons (Fsp3) is 0.533. The van der Waals surface area contributed by atoms with E-state index in [0.29, 0.717) is 0 Å². The van der Waals surface area contributed by atoms with Gasteiger partial charge in [-0.2, -0.15) is 0 Å². The number of aliphatic carboxylic acids is 1. The van der Waals surface area contributed by atoms with Gasteiger partial charge in [-0.3, -0.25) is 9.59 Å². The van der Waals surface area contributed by atoms with Crippen LogP contribution in [0.15, 0.2) is 18.2 Å². The van der Waals surface area contributed by atoms with E-state index in [-0.39, 0.29) is 25.5 Å². The first-order chi connectivity index (χ1) is 10.6. The lowest BCUT2D eigenvalue weighted by molar-refractivity contribution is -0.138. The number of aliphatic hydroxyl groups excluding tert-OH is 2. The molecule has 0 bridgehead atoms. The number of rotatable bonds is 6. The van der Waals surface area contributed by atoms with Crippen molar-refractivity contribution in [1.29, 1.82) is 0 Å². The Morgan fingerprint density at radius 1 is 1.35 bits per heavy atom. The van der Waals surface area contributed by atoms with Crippen LogP contribution in [0.2, 0.25) is 0 Å². The number of nitrogens with one attached hydrogen (secondary N) is 1. The maximum atomic E-state index is 11.3. The summed E-state index contributed by atoms with van der Waals surface area (Å²) in [5.74, 6) is -1.61. The van der Waals surface area contributed by atoms with Crippen molar-refractivity contribution in [3.05, 3.63) is 23.9 Å². The van der Waals surface area contributed by atoms with Crippen LogP contribution in [0.4, 0.5) is 0 Å². The first-order valence-corrected chi connectivity index (χ1v) is 7.01. The van der Waals surface area contributed by atoms with Crippen molar-refractivity contribution in [1.82, 2.24) is 10.3 Å². The standard InChI is InChI=1S/C9H17NO5.C6H7NO/c1-9(2,5-11)7(14)8(15)10-4-3-6(12)13;1-5-3-2-4-6(8)7-5/h7,11,14H,3-5H2,1-2H3,(H,10,15)(H,12,13);2-4H,1H3,(H,7,8). The second kappa shape index (κ2) is 9.75. The molecule has 8 nitrogen and oxygen atoms in total. The molecule has 130 valence electrons. The van der Waals surface area contributed by atoms with Gasteiger partial charge in [-0.15, -0.1) is 0 Å². The molecule has 23 heavy (non-hydrogen) atoms. The van der Waals surface area contributed by atoms with E-state index in [9.17, 15) is 14.7 Å². The second-order valence-electron chi connectivity index (χ2n) is 5.62.